The van der Waals surface area contributed by atoms with Crippen molar-refractivity contribution in [3.05, 3.63) is 10.4 Å². The minimum absolute atomic E-state index is 0.104. The molecule has 1 heterocycles. The number of anilines is 2. The van der Waals surface area contributed by atoms with Gasteiger partial charge in [-0.25, -0.2) is 8.42 Å². The van der Waals surface area contributed by atoms with Gasteiger partial charge < -0.3 is 11.1 Å². The van der Waals surface area contributed by atoms with Crippen molar-refractivity contribution in [1.82, 2.24) is 0 Å². The molecule has 0 spiro atoms. The minimum atomic E-state index is -2.97. The van der Waals surface area contributed by atoms with Crippen molar-refractivity contribution in [2.75, 3.05) is 29.1 Å². The quantitative estimate of drug-likeness (QED) is 0.836. The van der Waals surface area contributed by atoms with E-state index in [0.29, 0.717) is 23.0 Å². The van der Waals surface area contributed by atoms with Gasteiger partial charge in [0.15, 0.2) is 9.84 Å². The predicted molar refractivity (Wildman–Crippen MR) is 78.2 cm³/mol. The predicted octanol–water partition coefficient (Wildman–Crippen LogP) is 1.93. The Hall–Kier alpha value is -1.26. The van der Waals surface area contributed by atoms with Crippen molar-refractivity contribution in [3.63, 3.8) is 0 Å². The van der Waals surface area contributed by atoms with Gasteiger partial charge in [-0.2, -0.15) is 5.26 Å². The van der Waals surface area contributed by atoms with Crippen LogP contribution in [0.25, 0.3) is 0 Å². The van der Waals surface area contributed by atoms with Crippen LogP contribution >= 0.6 is 11.3 Å². The first-order valence-electron chi connectivity index (χ1n) is 6.25. The smallest absolute Gasteiger partial charge is 0.151 e. The van der Waals surface area contributed by atoms with Crippen molar-refractivity contribution in [1.29, 1.82) is 5.26 Å². The van der Waals surface area contributed by atoms with Gasteiger partial charge in [0.25, 0.3) is 0 Å². The Balaban J connectivity index is 2.10. The number of nitrogens with two attached hydrogens (primary N) is 1. The first kappa shape index (κ1) is 14.2. The standard InChI is InChI=1S/C12H17N3O2S2/c1-2-19(16,17)6-5-15-12-10(8-3-4-8)11(14)9(7-13)18-12/h8,15H,2-6,14H2,1H3. The second-order valence-electron chi connectivity index (χ2n) is 4.64. The maximum atomic E-state index is 11.4. The second kappa shape index (κ2) is 5.39. The van der Waals surface area contributed by atoms with E-state index in [4.69, 9.17) is 11.0 Å². The molecule has 7 heteroatoms. The van der Waals surface area contributed by atoms with Crippen LogP contribution in [0, 0.1) is 11.3 Å². The molecule has 1 fully saturated rings. The Kier molecular flexibility index (Phi) is 4.02. The lowest BCUT2D eigenvalue weighted by molar-refractivity contribution is 0.597. The summed E-state index contributed by atoms with van der Waals surface area (Å²) in [5, 5.41) is 13.0. The van der Waals surface area contributed by atoms with E-state index in [1.54, 1.807) is 6.92 Å². The first-order valence-corrected chi connectivity index (χ1v) is 8.88. The fourth-order valence-electron chi connectivity index (χ4n) is 1.91. The molecule has 3 N–H and O–H groups in total. The van der Waals surface area contributed by atoms with E-state index >= 15 is 0 Å². The third-order valence-corrected chi connectivity index (χ3v) is 6.00. The van der Waals surface area contributed by atoms with E-state index in [2.05, 4.69) is 11.4 Å². The second-order valence-corrected chi connectivity index (χ2v) is 8.13. The molecule has 0 aromatic carbocycles. The number of hydrogen-bond acceptors (Lipinski definition) is 6. The Bertz CT molecular complexity index is 610. The van der Waals surface area contributed by atoms with E-state index in [9.17, 15) is 8.42 Å². The van der Waals surface area contributed by atoms with Crippen LogP contribution in [0.1, 0.15) is 36.1 Å². The van der Waals surface area contributed by atoms with Crippen LogP contribution in [0.3, 0.4) is 0 Å². The summed E-state index contributed by atoms with van der Waals surface area (Å²) < 4.78 is 22.9. The SMILES string of the molecule is CCS(=O)(=O)CCNc1sc(C#N)c(N)c1C1CC1. The number of nitriles is 1. The molecule has 0 aliphatic heterocycles. The van der Waals surface area contributed by atoms with Crippen LogP contribution in [0.4, 0.5) is 10.7 Å². The molecule has 5 nitrogen and oxygen atoms in total. The first-order chi connectivity index (χ1) is 8.98. The maximum absolute atomic E-state index is 11.4. The fourth-order valence-corrected chi connectivity index (χ4v) is 3.64. The van der Waals surface area contributed by atoms with Crippen molar-refractivity contribution < 1.29 is 8.42 Å². The van der Waals surface area contributed by atoms with Crippen LogP contribution in [0.2, 0.25) is 0 Å². The summed E-state index contributed by atoms with van der Waals surface area (Å²) in [5.74, 6) is 0.691. The number of thiophene rings is 1. The van der Waals surface area contributed by atoms with Gasteiger partial charge in [-0.15, -0.1) is 11.3 Å². The molecule has 0 saturated heterocycles. The van der Waals surface area contributed by atoms with Gasteiger partial charge in [0, 0.05) is 17.9 Å². The summed E-state index contributed by atoms with van der Waals surface area (Å²) in [6.07, 6.45) is 2.18. The van der Waals surface area contributed by atoms with Gasteiger partial charge in [0.05, 0.1) is 16.4 Å². The molecule has 104 valence electrons. The molecule has 1 aromatic rings. The van der Waals surface area contributed by atoms with Crippen LogP contribution in [0.15, 0.2) is 0 Å². The van der Waals surface area contributed by atoms with Gasteiger partial charge in [-0.05, 0) is 18.8 Å². The molecular formula is C12H17N3O2S2. The molecule has 1 aromatic heterocycles. The number of nitrogen functional groups attached to an aromatic ring is 1. The highest BCUT2D eigenvalue weighted by Gasteiger charge is 2.31. The zero-order valence-electron chi connectivity index (χ0n) is 10.8. The Labute approximate surface area is 117 Å². The monoisotopic (exact) mass is 299 g/mol. The Morgan fingerprint density at radius 2 is 2.21 bits per heavy atom. The lowest BCUT2D eigenvalue weighted by atomic mass is 10.1. The Morgan fingerprint density at radius 1 is 1.53 bits per heavy atom. The van der Waals surface area contributed by atoms with Gasteiger partial charge in [-0.1, -0.05) is 6.92 Å². The van der Waals surface area contributed by atoms with E-state index in [1.807, 2.05) is 0 Å². The van der Waals surface area contributed by atoms with E-state index in [-0.39, 0.29) is 11.5 Å². The largest absolute Gasteiger partial charge is 0.397 e. The van der Waals surface area contributed by atoms with Crippen LogP contribution < -0.4 is 11.1 Å². The molecule has 0 unspecified atom stereocenters. The molecular weight excluding hydrogens is 282 g/mol. The topological polar surface area (TPSA) is 96.0 Å². The zero-order chi connectivity index (χ0) is 14.0. The molecule has 0 radical (unpaired) electrons. The summed E-state index contributed by atoms with van der Waals surface area (Å²) >= 11 is 1.32. The molecule has 1 aliphatic carbocycles. The van der Waals surface area contributed by atoms with Gasteiger partial charge in [0.2, 0.25) is 0 Å². The van der Waals surface area contributed by atoms with Gasteiger partial charge in [-0.3, -0.25) is 0 Å². The number of nitrogens with one attached hydrogen (secondary N) is 1. The highest BCUT2D eigenvalue weighted by Crippen LogP contribution is 2.50. The Morgan fingerprint density at radius 3 is 2.74 bits per heavy atom. The fraction of sp³-hybridized carbons (Fsp3) is 0.583. The molecule has 1 aliphatic rings. The van der Waals surface area contributed by atoms with Crippen LogP contribution in [-0.4, -0.2) is 26.5 Å². The van der Waals surface area contributed by atoms with Crippen LogP contribution in [0.5, 0.6) is 0 Å². The van der Waals surface area contributed by atoms with E-state index in [0.717, 1.165) is 23.4 Å². The summed E-state index contributed by atoms with van der Waals surface area (Å²) in [7, 11) is -2.97. The van der Waals surface area contributed by atoms with E-state index < -0.39 is 9.84 Å². The highest BCUT2D eigenvalue weighted by molar-refractivity contribution is 7.91. The average molecular weight is 299 g/mol. The van der Waals surface area contributed by atoms with Crippen molar-refractivity contribution in [2.45, 2.75) is 25.7 Å². The molecule has 1 saturated carbocycles. The lowest BCUT2D eigenvalue weighted by Gasteiger charge is -2.07. The number of sulfone groups is 1. The highest BCUT2D eigenvalue weighted by atomic mass is 32.2. The van der Waals surface area contributed by atoms with Crippen LogP contribution in [-0.2, 0) is 9.84 Å². The third-order valence-electron chi connectivity index (χ3n) is 3.21. The summed E-state index contributed by atoms with van der Waals surface area (Å²) in [5.41, 5.74) is 7.54. The number of nitrogens with zero attached hydrogens (tertiary/aromatic N) is 1. The summed E-state index contributed by atoms with van der Waals surface area (Å²) in [6.45, 7) is 2.00. The molecule has 0 amide bonds. The zero-order valence-corrected chi connectivity index (χ0v) is 12.4. The molecule has 0 bridgehead atoms. The average Bonchev–Trinajstić information content (AvgIpc) is 3.15. The number of hydrogen-bond donors (Lipinski definition) is 2. The lowest BCUT2D eigenvalue weighted by Crippen LogP contribution is -2.17. The molecule has 2 rings (SSSR count). The summed E-state index contributed by atoms with van der Waals surface area (Å²) in [4.78, 5) is 0.516. The number of rotatable bonds is 6. The van der Waals surface area contributed by atoms with Gasteiger partial charge >= 0.3 is 0 Å². The van der Waals surface area contributed by atoms with Crippen molar-refractivity contribution >= 4 is 31.9 Å². The molecule has 19 heavy (non-hydrogen) atoms. The van der Waals surface area contributed by atoms with Gasteiger partial charge in [0.1, 0.15) is 10.9 Å². The van der Waals surface area contributed by atoms with Crippen molar-refractivity contribution in [2.24, 2.45) is 0 Å². The van der Waals surface area contributed by atoms with E-state index in [1.165, 1.54) is 11.3 Å². The third kappa shape index (κ3) is 3.19. The minimum Gasteiger partial charge on any atom is -0.397 e. The maximum Gasteiger partial charge on any atom is 0.151 e. The molecule has 0 atom stereocenters. The normalized spacial score (nSPS) is 15.2. The summed E-state index contributed by atoms with van der Waals surface area (Å²) in [6, 6.07) is 2.09. The van der Waals surface area contributed by atoms with Crippen molar-refractivity contribution in [3.8, 4) is 6.07 Å².